The Balaban J connectivity index is 1.47. The van der Waals surface area contributed by atoms with Crippen molar-refractivity contribution in [1.82, 2.24) is 20.5 Å². The van der Waals surface area contributed by atoms with Crippen molar-refractivity contribution in [2.24, 2.45) is 0 Å². The van der Waals surface area contributed by atoms with Crippen LogP contribution in [0.4, 0.5) is 20.6 Å². The molecule has 0 radical (unpaired) electrons. The van der Waals surface area contributed by atoms with Gasteiger partial charge in [0.15, 0.2) is 5.82 Å². The van der Waals surface area contributed by atoms with E-state index in [1.807, 2.05) is 30.3 Å². The van der Waals surface area contributed by atoms with E-state index in [-0.39, 0.29) is 0 Å². The van der Waals surface area contributed by atoms with E-state index in [2.05, 4.69) is 31.1 Å². The van der Waals surface area contributed by atoms with Crippen molar-refractivity contribution in [1.29, 1.82) is 0 Å². The first-order chi connectivity index (χ1) is 16.0. The average molecular weight is 444 g/mol. The summed E-state index contributed by atoms with van der Waals surface area (Å²) in [6.07, 6.45) is 0. The number of hydrogen-bond donors (Lipinski definition) is 4. The van der Waals surface area contributed by atoms with Gasteiger partial charge in [-0.25, -0.2) is 14.2 Å². The molecule has 8 nitrogen and oxygen atoms in total. The number of nitrogens with zero attached hydrogens (tertiary/aromatic N) is 2. The highest BCUT2D eigenvalue weighted by Crippen LogP contribution is 2.20. The Kier molecular flexibility index (Phi) is 6.40. The molecule has 3 amide bonds. The Morgan fingerprint density at radius 2 is 1.64 bits per heavy atom. The molecule has 166 valence electrons. The number of aromatic nitrogens is 3. The van der Waals surface area contributed by atoms with Crippen LogP contribution >= 0.6 is 0 Å². The molecular weight excluding hydrogens is 423 g/mol. The summed E-state index contributed by atoms with van der Waals surface area (Å²) >= 11 is 0. The van der Waals surface area contributed by atoms with Gasteiger partial charge in [0.25, 0.3) is 5.91 Å². The lowest BCUT2D eigenvalue weighted by Gasteiger charge is -2.17. The van der Waals surface area contributed by atoms with E-state index < -0.39 is 23.8 Å². The number of urea groups is 1. The summed E-state index contributed by atoms with van der Waals surface area (Å²) in [4.78, 5) is 29.6. The Morgan fingerprint density at radius 1 is 0.909 bits per heavy atom. The molecule has 0 aliphatic carbocycles. The third-order valence-corrected chi connectivity index (χ3v) is 4.75. The summed E-state index contributed by atoms with van der Waals surface area (Å²) < 4.78 is 13.4. The van der Waals surface area contributed by atoms with Crippen LogP contribution in [0.15, 0.2) is 78.9 Å². The van der Waals surface area contributed by atoms with Crippen molar-refractivity contribution in [2.75, 3.05) is 10.6 Å². The molecule has 4 N–H and O–H groups in total. The quantitative estimate of drug-likeness (QED) is 0.353. The maximum absolute atomic E-state index is 13.4. The van der Waals surface area contributed by atoms with Crippen LogP contribution in [-0.2, 0) is 0 Å². The van der Waals surface area contributed by atoms with Gasteiger partial charge in [-0.3, -0.25) is 9.89 Å². The molecule has 9 heteroatoms. The summed E-state index contributed by atoms with van der Waals surface area (Å²) in [5, 5.41) is 15.2. The third kappa shape index (κ3) is 5.59. The van der Waals surface area contributed by atoms with Crippen LogP contribution in [0.1, 0.15) is 33.6 Å². The Labute approximate surface area is 189 Å². The molecule has 4 aromatic rings. The number of nitrogens with one attached hydrogen (secondary N) is 4. The number of benzene rings is 3. The van der Waals surface area contributed by atoms with Gasteiger partial charge in [0.05, 0.1) is 0 Å². The molecule has 0 spiro atoms. The summed E-state index contributed by atoms with van der Waals surface area (Å²) in [5.41, 5.74) is 1.87. The van der Waals surface area contributed by atoms with Gasteiger partial charge in [-0.1, -0.05) is 42.5 Å². The van der Waals surface area contributed by atoms with Crippen molar-refractivity contribution >= 4 is 23.3 Å². The number of anilines is 2. The zero-order valence-electron chi connectivity index (χ0n) is 17.7. The molecule has 4 rings (SSSR count). The lowest BCUT2D eigenvalue weighted by atomic mass is 10.1. The lowest BCUT2D eigenvalue weighted by molar-refractivity contribution is 0.102. The molecule has 0 saturated carbocycles. The van der Waals surface area contributed by atoms with Crippen molar-refractivity contribution < 1.29 is 14.0 Å². The molecule has 1 atom stereocenters. The number of amides is 3. The smallest absolute Gasteiger partial charge is 0.320 e. The highest BCUT2D eigenvalue weighted by atomic mass is 19.1. The second kappa shape index (κ2) is 9.73. The van der Waals surface area contributed by atoms with Gasteiger partial charge in [0.1, 0.15) is 17.7 Å². The third-order valence-electron chi connectivity index (χ3n) is 4.75. The number of hydrogen-bond acceptors (Lipinski definition) is 4. The monoisotopic (exact) mass is 444 g/mol. The number of aryl methyl sites for hydroxylation is 1. The van der Waals surface area contributed by atoms with Gasteiger partial charge in [-0.15, -0.1) is 0 Å². The summed E-state index contributed by atoms with van der Waals surface area (Å²) in [6, 6.07) is 20.3. The largest absolute Gasteiger partial charge is 0.324 e. The molecule has 1 aromatic heterocycles. The molecule has 1 unspecified atom stereocenters. The first kappa shape index (κ1) is 21.7. The zero-order chi connectivity index (χ0) is 23.2. The summed E-state index contributed by atoms with van der Waals surface area (Å²) in [6.45, 7) is 1.78. The fourth-order valence-electron chi connectivity index (χ4n) is 3.24. The van der Waals surface area contributed by atoms with E-state index in [0.717, 1.165) is 5.56 Å². The maximum atomic E-state index is 13.4. The number of H-pyrrole nitrogens is 1. The predicted octanol–water partition coefficient (Wildman–Crippen LogP) is 4.42. The number of carbonyl (C=O) groups excluding carboxylic acids is 2. The van der Waals surface area contributed by atoms with Crippen molar-refractivity contribution in [3.05, 3.63) is 107 Å². The van der Waals surface area contributed by atoms with E-state index in [1.165, 1.54) is 24.3 Å². The molecule has 0 aliphatic heterocycles. The van der Waals surface area contributed by atoms with Crippen LogP contribution in [0, 0.1) is 12.7 Å². The van der Waals surface area contributed by atoms with Crippen LogP contribution in [0.5, 0.6) is 0 Å². The maximum Gasteiger partial charge on any atom is 0.320 e. The van der Waals surface area contributed by atoms with Gasteiger partial charge in [-0.05, 0) is 48.9 Å². The Bertz CT molecular complexity index is 1270. The highest BCUT2D eigenvalue weighted by Gasteiger charge is 2.21. The average Bonchev–Trinajstić information content (AvgIpc) is 3.24. The molecule has 0 fully saturated rings. The normalized spacial score (nSPS) is 11.5. The van der Waals surface area contributed by atoms with Crippen LogP contribution < -0.4 is 16.0 Å². The van der Waals surface area contributed by atoms with Crippen LogP contribution in [0.2, 0.25) is 0 Å². The molecule has 1 heterocycles. The fourth-order valence-corrected chi connectivity index (χ4v) is 3.24. The summed E-state index contributed by atoms with van der Waals surface area (Å²) in [5.74, 6) is 0.180. The summed E-state index contributed by atoms with van der Waals surface area (Å²) in [7, 11) is 0. The van der Waals surface area contributed by atoms with Gasteiger partial charge in [0.2, 0.25) is 0 Å². The van der Waals surface area contributed by atoms with E-state index >= 15 is 0 Å². The van der Waals surface area contributed by atoms with E-state index in [4.69, 9.17) is 0 Å². The van der Waals surface area contributed by atoms with Crippen molar-refractivity contribution in [3.8, 4) is 0 Å². The second-order valence-corrected chi connectivity index (χ2v) is 7.27. The van der Waals surface area contributed by atoms with E-state index in [1.54, 1.807) is 31.2 Å². The van der Waals surface area contributed by atoms with Crippen LogP contribution in [0.3, 0.4) is 0 Å². The predicted molar refractivity (Wildman–Crippen MR) is 122 cm³/mol. The molecule has 0 aliphatic rings. The molecule has 33 heavy (non-hydrogen) atoms. The van der Waals surface area contributed by atoms with Crippen LogP contribution in [-0.4, -0.2) is 27.1 Å². The molecular formula is C24H21FN6O2. The lowest BCUT2D eigenvalue weighted by Crippen LogP contribution is -2.34. The molecule has 0 bridgehead atoms. The fraction of sp³-hybridized carbons (Fsp3) is 0.0833. The number of rotatable bonds is 6. The molecule has 0 saturated heterocycles. The SMILES string of the molecule is Cc1nc(C(NC(=O)Nc2cccc(C(=O)Nc3cccc(F)c3)c2)c2ccccc2)n[nH]1. The number of aromatic amines is 1. The first-order valence-corrected chi connectivity index (χ1v) is 10.2. The van der Waals surface area contributed by atoms with Crippen molar-refractivity contribution in [3.63, 3.8) is 0 Å². The minimum absolute atomic E-state index is 0.307. The Hall–Kier alpha value is -4.53. The van der Waals surface area contributed by atoms with Crippen molar-refractivity contribution in [2.45, 2.75) is 13.0 Å². The van der Waals surface area contributed by atoms with Gasteiger partial charge < -0.3 is 16.0 Å². The second-order valence-electron chi connectivity index (χ2n) is 7.27. The standard InChI is InChI=1S/C24H21FN6O2/c1-15-26-22(31-30-15)21(16-7-3-2-4-8-16)29-24(33)28-19-11-5-9-17(13-19)23(32)27-20-12-6-10-18(25)14-20/h2-14,21H,1H3,(H,27,32)(H,26,30,31)(H2,28,29,33). The highest BCUT2D eigenvalue weighted by molar-refractivity contribution is 6.05. The number of halogens is 1. The van der Waals surface area contributed by atoms with Gasteiger partial charge >= 0.3 is 6.03 Å². The minimum atomic E-state index is -0.574. The van der Waals surface area contributed by atoms with E-state index in [9.17, 15) is 14.0 Å². The topological polar surface area (TPSA) is 112 Å². The zero-order valence-corrected chi connectivity index (χ0v) is 17.7. The van der Waals surface area contributed by atoms with Crippen LogP contribution in [0.25, 0.3) is 0 Å². The first-order valence-electron chi connectivity index (χ1n) is 10.2. The minimum Gasteiger partial charge on any atom is -0.324 e. The number of carbonyl (C=O) groups is 2. The molecule has 3 aromatic carbocycles. The van der Waals surface area contributed by atoms with Gasteiger partial charge in [0, 0.05) is 16.9 Å². The van der Waals surface area contributed by atoms with E-state index in [0.29, 0.717) is 28.6 Å². The van der Waals surface area contributed by atoms with Gasteiger partial charge in [-0.2, -0.15) is 5.10 Å². The Morgan fingerprint density at radius 3 is 2.33 bits per heavy atom.